The minimum absolute atomic E-state index is 0.0136. The number of hydrogen-bond donors (Lipinski definition) is 2. The summed E-state index contributed by atoms with van der Waals surface area (Å²) < 4.78 is 5.07. The van der Waals surface area contributed by atoms with Gasteiger partial charge in [0, 0.05) is 24.5 Å². The van der Waals surface area contributed by atoms with Crippen LogP contribution in [-0.2, 0) is 16.1 Å². The van der Waals surface area contributed by atoms with Crippen LogP contribution in [0, 0.1) is 5.92 Å². The van der Waals surface area contributed by atoms with Gasteiger partial charge in [0.05, 0.1) is 12.5 Å². The lowest BCUT2D eigenvalue weighted by atomic mass is 9.86. The maximum Gasteiger partial charge on any atom is 0.308 e. The summed E-state index contributed by atoms with van der Waals surface area (Å²) in [5, 5.41) is 3.53. The van der Waals surface area contributed by atoms with Crippen molar-refractivity contribution in [3.8, 4) is 0 Å². The third kappa shape index (κ3) is 3.60. The standard InChI is InChI=1S/C14H22N2O2/c1-2-18-14(17)11-5-7-12(8-6-11)16-10-13-4-3-9-15-13/h3-4,9,11-12,15-16H,2,5-8,10H2,1H3. The lowest BCUT2D eigenvalue weighted by Gasteiger charge is -2.27. The van der Waals surface area contributed by atoms with Gasteiger partial charge < -0.3 is 15.0 Å². The Kier molecular flexibility index (Phi) is 4.81. The van der Waals surface area contributed by atoms with Gasteiger partial charge >= 0.3 is 5.97 Å². The zero-order chi connectivity index (χ0) is 12.8. The maximum atomic E-state index is 11.6. The Labute approximate surface area is 108 Å². The molecule has 0 unspecified atom stereocenters. The Morgan fingerprint density at radius 2 is 2.22 bits per heavy atom. The SMILES string of the molecule is CCOC(=O)C1CCC(NCc2ccc[nH]2)CC1. The number of ether oxygens (including phenoxy) is 1. The largest absolute Gasteiger partial charge is 0.466 e. The molecule has 0 spiro atoms. The van der Waals surface area contributed by atoms with E-state index >= 15 is 0 Å². The topological polar surface area (TPSA) is 54.1 Å². The number of carbonyl (C=O) groups is 1. The highest BCUT2D eigenvalue weighted by atomic mass is 16.5. The van der Waals surface area contributed by atoms with Gasteiger partial charge in [-0.25, -0.2) is 0 Å². The summed E-state index contributed by atoms with van der Waals surface area (Å²) in [6, 6.07) is 4.62. The number of rotatable bonds is 5. The van der Waals surface area contributed by atoms with Crippen molar-refractivity contribution < 1.29 is 9.53 Å². The number of carbonyl (C=O) groups excluding carboxylic acids is 1. The number of nitrogens with one attached hydrogen (secondary N) is 2. The lowest BCUT2D eigenvalue weighted by molar-refractivity contribution is -0.149. The van der Waals surface area contributed by atoms with E-state index in [-0.39, 0.29) is 11.9 Å². The Bertz CT molecular complexity index is 354. The first-order valence-electron chi connectivity index (χ1n) is 6.82. The Balaban J connectivity index is 1.68. The fraction of sp³-hybridized carbons (Fsp3) is 0.643. The molecule has 4 nitrogen and oxygen atoms in total. The molecule has 100 valence electrons. The van der Waals surface area contributed by atoms with Crippen LogP contribution in [0.2, 0.25) is 0 Å². The second-order valence-corrected chi connectivity index (χ2v) is 4.88. The highest BCUT2D eigenvalue weighted by Gasteiger charge is 2.26. The van der Waals surface area contributed by atoms with Crippen LogP contribution in [0.5, 0.6) is 0 Å². The summed E-state index contributed by atoms with van der Waals surface area (Å²) >= 11 is 0. The van der Waals surface area contributed by atoms with Crippen molar-refractivity contribution in [1.29, 1.82) is 0 Å². The van der Waals surface area contributed by atoms with Crippen molar-refractivity contribution in [1.82, 2.24) is 10.3 Å². The molecular weight excluding hydrogens is 228 g/mol. The van der Waals surface area contributed by atoms with Gasteiger partial charge in [-0.1, -0.05) is 0 Å². The van der Waals surface area contributed by atoms with E-state index in [4.69, 9.17) is 4.74 Å². The van der Waals surface area contributed by atoms with E-state index in [1.165, 1.54) is 5.69 Å². The quantitative estimate of drug-likeness (QED) is 0.788. The van der Waals surface area contributed by atoms with Crippen LogP contribution >= 0.6 is 0 Å². The molecular formula is C14H22N2O2. The highest BCUT2D eigenvalue weighted by Crippen LogP contribution is 2.25. The first kappa shape index (κ1) is 13.1. The first-order chi connectivity index (χ1) is 8.79. The average Bonchev–Trinajstić information content (AvgIpc) is 2.90. The second kappa shape index (κ2) is 6.59. The van der Waals surface area contributed by atoms with Crippen LogP contribution in [0.15, 0.2) is 18.3 Å². The van der Waals surface area contributed by atoms with Gasteiger partial charge in [-0.15, -0.1) is 0 Å². The summed E-state index contributed by atoms with van der Waals surface area (Å²) in [5.74, 6) is 0.105. The molecule has 0 aromatic carbocycles. The second-order valence-electron chi connectivity index (χ2n) is 4.88. The van der Waals surface area contributed by atoms with Crippen molar-refractivity contribution in [2.24, 2.45) is 5.92 Å². The van der Waals surface area contributed by atoms with Crippen molar-refractivity contribution >= 4 is 5.97 Å². The smallest absolute Gasteiger partial charge is 0.308 e. The van der Waals surface area contributed by atoms with Crippen LogP contribution in [0.25, 0.3) is 0 Å². The Morgan fingerprint density at radius 1 is 1.44 bits per heavy atom. The number of H-pyrrole nitrogens is 1. The van der Waals surface area contributed by atoms with E-state index in [0.717, 1.165) is 32.2 Å². The van der Waals surface area contributed by atoms with Crippen LogP contribution in [0.4, 0.5) is 0 Å². The molecule has 4 heteroatoms. The number of esters is 1. The van der Waals surface area contributed by atoms with Crippen molar-refractivity contribution in [3.05, 3.63) is 24.0 Å². The predicted molar refractivity (Wildman–Crippen MR) is 70.0 cm³/mol. The molecule has 1 aromatic rings. The molecule has 2 rings (SSSR count). The van der Waals surface area contributed by atoms with E-state index in [1.54, 1.807) is 0 Å². The van der Waals surface area contributed by atoms with E-state index in [1.807, 2.05) is 19.2 Å². The van der Waals surface area contributed by atoms with Crippen LogP contribution in [0.1, 0.15) is 38.3 Å². The lowest BCUT2D eigenvalue weighted by Crippen LogP contribution is -2.35. The van der Waals surface area contributed by atoms with E-state index in [2.05, 4.69) is 16.4 Å². The molecule has 1 saturated carbocycles. The van der Waals surface area contributed by atoms with Crippen molar-refractivity contribution in [2.45, 2.75) is 45.2 Å². The van der Waals surface area contributed by atoms with Gasteiger partial charge in [-0.05, 0) is 44.7 Å². The zero-order valence-electron chi connectivity index (χ0n) is 10.9. The van der Waals surface area contributed by atoms with E-state index in [9.17, 15) is 4.79 Å². The molecule has 0 aliphatic heterocycles. The molecule has 1 aromatic heterocycles. The Hall–Kier alpha value is -1.29. The van der Waals surface area contributed by atoms with Gasteiger partial charge in [0.25, 0.3) is 0 Å². The Morgan fingerprint density at radius 3 is 2.83 bits per heavy atom. The summed E-state index contributed by atoms with van der Waals surface area (Å²) in [6.07, 6.45) is 5.95. The van der Waals surface area contributed by atoms with Gasteiger partial charge in [-0.3, -0.25) is 4.79 Å². The van der Waals surface area contributed by atoms with E-state index in [0.29, 0.717) is 12.6 Å². The third-order valence-electron chi connectivity index (χ3n) is 3.59. The number of aromatic nitrogens is 1. The molecule has 0 radical (unpaired) electrons. The third-order valence-corrected chi connectivity index (χ3v) is 3.59. The van der Waals surface area contributed by atoms with Crippen LogP contribution in [-0.4, -0.2) is 23.6 Å². The minimum atomic E-state index is -0.0136. The molecule has 0 amide bonds. The van der Waals surface area contributed by atoms with E-state index < -0.39 is 0 Å². The van der Waals surface area contributed by atoms with Gasteiger partial charge in [0.2, 0.25) is 0 Å². The van der Waals surface area contributed by atoms with Gasteiger partial charge in [-0.2, -0.15) is 0 Å². The molecule has 1 fully saturated rings. The molecule has 0 atom stereocenters. The molecule has 1 heterocycles. The maximum absolute atomic E-state index is 11.6. The zero-order valence-corrected chi connectivity index (χ0v) is 10.9. The average molecular weight is 250 g/mol. The highest BCUT2D eigenvalue weighted by molar-refractivity contribution is 5.72. The fourth-order valence-corrected chi connectivity index (χ4v) is 2.53. The van der Waals surface area contributed by atoms with Crippen molar-refractivity contribution in [3.63, 3.8) is 0 Å². The molecule has 18 heavy (non-hydrogen) atoms. The number of aromatic amines is 1. The normalized spacial score (nSPS) is 23.8. The molecule has 0 saturated heterocycles. The predicted octanol–water partition coefficient (Wildman–Crippen LogP) is 2.23. The summed E-state index contributed by atoms with van der Waals surface area (Å²) in [7, 11) is 0. The minimum Gasteiger partial charge on any atom is -0.466 e. The molecule has 1 aliphatic carbocycles. The molecule has 2 N–H and O–H groups in total. The monoisotopic (exact) mass is 250 g/mol. The van der Waals surface area contributed by atoms with Crippen molar-refractivity contribution in [2.75, 3.05) is 6.61 Å². The molecule has 0 bridgehead atoms. The van der Waals surface area contributed by atoms with Crippen LogP contribution in [0.3, 0.4) is 0 Å². The van der Waals surface area contributed by atoms with Crippen LogP contribution < -0.4 is 5.32 Å². The first-order valence-corrected chi connectivity index (χ1v) is 6.82. The summed E-state index contributed by atoms with van der Waals surface area (Å²) in [6.45, 7) is 3.23. The summed E-state index contributed by atoms with van der Waals surface area (Å²) in [5.41, 5.74) is 1.21. The summed E-state index contributed by atoms with van der Waals surface area (Å²) in [4.78, 5) is 14.8. The number of hydrogen-bond acceptors (Lipinski definition) is 3. The molecule has 1 aliphatic rings. The fourth-order valence-electron chi connectivity index (χ4n) is 2.53. The van der Waals surface area contributed by atoms with Gasteiger partial charge in [0.15, 0.2) is 0 Å². The van der Waals surface area contributed by atoms with Gasteiger partial charge in [0.1, 0.15) is 0 Å².